The van der Waals surface area contributed by atoms with Gasteiger partial charge in [0.15, 0.2) is 23.0 Å². The van der Waals surface area contributed by atoms with Gasteiger partial charge in [0.25, 0.3) is 0 Å². The van der Waals surface area contributed by atoms with Crippen LogP contribution in [0, 0.1) is 0 Å². The third-order valence-electron chi connectivity index (χ3n) is 4.24. The van der Waals surface area contributed by atoms with Gasteiger partial charge < -0.3 is 29.0 Å². The number of ether oxygens (including phenoxy) is 5. The molecule has 154 valence electrons. The summed E-state index contributed by atoms with van der Waals surface area (Å²) in [6.07, 6.45) is 3.09. The molecule has 7 nitrogen and oxygen atoms in total. The third-order valence-corrected chi connectivity index (χ3v) is 4.52. The monoisotopic (exact) mass is 419 g/mol. The van der Waals surface area contributed by atoms with Crippen LogP contribution >= 0.6 is 11.6 Å². The topological polar surface area (TPSA) is 75.3 Å². The molecule has 0 aliphatic carbocycles. The van der Waals surface area contributed by atoms with E-state index in [0.717, 1.165) is 11.1 Å². The van der Waals surface area contributed by atoms with Gasteiger partial charge in [0.05, 0.1) is 26.4 Å². The molecule has 29 heavy (non-hydrogen) atoms. The number of fused-ring (bicyclic) bond motifs is 1. The van der Waals surface area contributed by atoms with Gasteiger partial charge in [-0.05, 0) is 41.5 Å². The number of methoxy groups -OCH3 is 3. The summed E-state index contributed by atoms with van der Waals surface area (Å²) >= 11 is 6.21. The van der Waals surface area contributed by atoms with Crippen LogP contribution in [0.1, 0.15) is 11.1 Å². The average Bonchev–Trinajstić information content (AvgIpc) is 2.75. The zero-order valence-corrected chi connectivity index (χ0v) is 17.2. The molecular weight excluding hydrogens is 398 g/mol. The van der Waals surface area contributed by atoms with E-state index in [1.54, 1.807) is 44.6 Å². The summed E-state index contributed by atoms with van der Waals surface area (Å²) in [7, 11) is 4.62. The second-order valence-corrected chi connectivity index (χ2v) is 6.52. The van der Waals surface area contributed by atoms with Gasteiger partial charge in [0.1, 0.15) is 13.2 Å². The molecule has 3 rings (SSSR count). The maximum Gasteiger partial charge on any atom is 0.244 e. The summed E-state index contributed by atoms with van der Waals surface area (Å²) in [5.74, 6) is 2.39. The number of carbonyl (C=O) groups is 1. The highest BCUT2D eigenvalue weighted by molar-refractivity contribution is 6.32. The van der Waals surface area contributed by atoms with Crippen molar-refractivity contribution in [3.63, 3.8) is 0 Å². The lowest BCUT2D eigenvalue weighted by molar-refractivity contribution is -0.116. The SMILES string of the molecule is COc1cc(CNC(=O)/C=C/c2cc(Cl)c3c(c2)OCCO3)cc(OC)c1OC. The van der Waals surface area contributed by atoms with Crippen molar-refractivity contribution in [1.82, 2.24) is 5.32 Å². The second kappa shape index (κ2) is 9.43. The van der Waals surface area contributed by atoms with E-state index in [9.17, 15) is 4.79 Å². The van der Waals surface area contributed by atoms with Crippen molar-refractivity contribution < 1.29 is 28.5 Å². The highest BCUT2D eigenvalue weighted by Gasteiger charge is 2.16. The van der Waals surface area contributed by atoms with Crippen LogP contribution in [0.2, 0.25) is 5.02 Å². The van der Waals surface area contributed by atoms with Crippen LogP contribution < -0.4 is 29.0 Å². The molecule has 1 amide bonds. The molecule has 0 saturated heterocycles. The Morgan fingerprint density at radius 1 is 1.07 bits per heavy atom. The van der Waals surface area contributed by atoms with Crippen molar-refractivity contribution in [2.45, 2.75) is 6.54 Å². The fourth-order valence-electron chi connectivity index (χ4n) is 2.88. The number of hydrogen-bond donors (Lipinski definition) is 1. The molecule has 0 unspecified atom stereocenters. The highest BCUT2D eigenvalue weighted by atomic mass is 35.5. The van der Waals surface area contributed by atoms with Crippen LogP contribution in [0.25, 0.3) is 6.08 Å². The molecule has 0 spiro atoms. The number of carbonyl (C=O) groups excluding carboxylic acids is 1. The van der Waals surface area contributed by atoms with Crippen LogP contribution in [0.5, 0.6) is 28.7 Å². The Morgan fingerprint density at radius 2 is 1.76 bits per heavy atom. The first-order chi connectivity index (χ1) is 14.0. The molecular formula is C21H22ClNO6. The fraction of sp³-hybridized carbons (Fsp3) is 0.286. The van der Waals surface area contributed by atoms with Crippen molar-refractivity contribution >= 4 is 23.6 Å². The van der Waals surface area contributed by atoms with Crippen LogP contribution in [0.3, 0.4) is 0 Å². The lowest BCUT2D eigenvalue weighted by Crippen LogP contribution is -2.20. The zero-order valence-electron chi connectivity index (χ0n) is 16.4. The first kappa shape index (κ1) is 20.7. The molecule has 0 aromatic heterocycles. The first-order valence-electron chi connectivity index (χ1n) is 8.89. The minimum absolute atomic E-state index is 0.259. The van der Waals surface area contributed by atoms with E-state index in [4.69, 9.17) is 35.3 Å². The number of benzene rings is 2. The maximum atomic E-state index is 12.2. The summed E-state index contributed by atoms with van der Waals surface area (Å²) in [5.41, 5.74) is 1.55. The maximum absolute atomic E-state index is 12.2. The Balaban J connectivity index is 1.66. The van der Waals surface area contributed by atoms with Gasteiger partial charge in [0, 0.05) is 12.6 Å². The summed E-state index contributed by atoms with van der Waals surface area (Å²) < 4.78 is 27.0. The number of rotatable bonds is 7. The van der Waals surface area contributed by atoms with Crippen LogP contribution in [-0.2, 0) is 11.3 Å². The number of nitrogens with one attached hydrogen (secondary N) is 1. The summed E-state index contributed by atoms with van der Waals surface area (Å²) in [4.78, 5) is 12.2. The van der Waals surface area contributed by atoms with Gasteiger partial charge in [-0.25, -0.2) is 0 Å². The van der Waals surface area contributed by atoms with Gasteiger partial charge in [0.2, 0.25) is 11.7 Å². The van der Waals surface area contributed by atoms with Crippen LogP contribution in [0.15, 0.2) is 30.3 Å². The van der Waals surface area contributed by atoms with Crippen molar-refractivity contribution in [3.05, 3.63) is 46.5 Å². The molecule has 0 saturated carbocycles. The lowest BCUT2D eigenvalue weighted by atomic mass is 10.1. The molecule has 0 bridgehead atoms. The van der Waals surface area contributed by atoms with Crippen LogP contribution in [0.4, 0.5) is 0 Å². The minimum Gasteiger partial charge on any atom is -0.493 e. The summed E-state index contributed by atoms with van der Waals surface area (Å²) in [6.45, 7) is 1.22. The lowest BCUT2D eigenvalue weighted by Gasteiger charge is -2.19. The molecule has 8 heteroatoms. The number of hydrogen-bond acceptors (Lipinski definition) is 6. The largest absolute Gasteiger partial charge is 0.493 e. The van der Waals surface area contributed by atoms with Crippen molar-refractivity contribution in [2.24, 2.45) is 0 Å². The molecule has 1 N–H and O–H groups in total. The molecule has 0 radical (unpaired) electrons. The summed E-state index contributed by atoms with van der Waals surface area (Å²) in [5, 5.41) is 3.26. The molecule has 1 aliphatic rings. The molecule has 0 atom stereocenters. The van der Waals surface area contributed by atoms with E-state index >= 15 is 0 Å². The Labute approximate surface area is 174 Å². The van der Waals surface area contributed by atoms with Crippen molar-refractivity contribution in [2.75, 3.05) is 34.5 Å². The quantitative estimate of drug-likeness (QED) is 0.693. The Bertz CT molecular complexity index is 903. The van der Waals surface area contributed by atoms with E-state index in [0.29, 0.717) is 53.5 Å². The molecule has 0 fully saturated rings. The van der Waals surface area contributed by atoms with Gasteiger partial charge >= 0.3 is 0 Å². The van der Waals surface area contributed by atoms with E-state index in [2.05, 4.69) is 5.32 Å². The highest BCUT2D eigenvalue weighted by Crippen LogP contribution is 2.39. The smallest absolute Gasteiger partial charge is 0.244 e. The van der Waals surface area contributed by atoms with Crippen LogP contribution in [-0.4, -0.2) is 40.5 Å². The van der Waals surface area contributed by atoms with Gasteiger partial charge in [-0.1, -0.05) is 11.6 Å². The molecule has 1 aliphatic heterocycles. The molecule has 2 aromatic rings. The van der Waals surface area contributed by atoms with Crippen molar-refractivity contribution in [3.8, 4) is 28.7 Å². The zero-order chi connectivity index (χ0) is 20.8. The van der Waals surface area contributed by atoms with Gasteiger partial charge in [-0.15, -0.1) is 0 Å². The first-order valence-corrected chi connectivity index (χ1v) is 9.27. The predicted octanol–water partition coefficient (Wildman–Crippen LogP) is 3.47. The van der Waals surface area contributed by atoms with Gasteiger partial charge in [-0.2, -0.15) is 0 Å². The van der Waals surface area contributed by atoms with E-state index in [-0.39, 0.29) is 5.91 Å². The second-order valence-electron chi connectivity index (χ2n) is 6.11. The molecule has 1 heterocycles. The number of halogens is 1. The summed E-state index contributed by atoms with van der Waals surface area (Å²) in [6, 6.07) is 7.07. The van der Waals surface area contributed by atoms with E-state index in [1.807, 2.05) is 0 Å². The Morgan fingerprint density at radius 3 is 2.41 bits per heavy atom. The van der Waals surface area contributed by atoms with E-state index in [1.165, 1.54) is 13.2 Å². The average molecular weight is 420 g/mol. The molecule has 2 aromatic carbocycles. The van der Waals surface area contributed by atoms with Gasteiger partial charge in [-0.3, -0.25) is 4.79 Å². The van der Waals surface area contributed by atoms with E-state index < -0.39 is 0 Å². The predicted molar refractivity (Wildman–Crippen MR) is 109 cm³/mol. The Kier molecular flexibility index (Phi) is 6.72. The fourth-order valence-corrected chi connectivity index (χ4v) is 3.16. The Hall–Kier alpha value is -3.06. The third kappa shape index (κ3) is 4.86. The number of amides is 1. The normalized spacial score (nSPS) is 12.6. The van der Waals surface area contributed by atoms with Crippen molar-refractivity contribution in [1.29, 1.82) is 0 Å². The standard InChI is InChI=1S/C21H22ClNO6/c1-25-16-10-14(11-17(26-2)21(16)27-3)12-23-19(24)5-4-13-8-15(22)20-18(9-13)28-6-7-29-20/h4-5,8-11H,6-7,12H2,1-3H3,(H,23,24)/b5-4+. The minimum atomic E-state index is -0.259.